The molecule has 1 amide bonds. The second-order valence-corrected chi connectivity index (χ2v) is 11.0. The van der Waals surface area contributed by atoms with E-state index < -0.39 is 0 Å². The van der Waals surface area contributed by atoms with Gasteiger partial charge in [-0.1, -0.05) is 54.6 Å². The smallest absolute Gasteiger partial charge is 0.228 e. The summed E-state index contributed by atoms with van der Waals surface area (Å²) in [4.78, 5) is 32.6. The topological polar surface area (TPSA) is 71.5 Å². The highest BCUT2D eigenvalue weighted by atomic mass is 16.5. The summed E-state index contributed by atoms with van der Waals surface area (Å²) in [6.45, 7) is 3.86. The largest absolute Gasteiger partial charge is 0.381 e. The van der Waals surface area contributed by atoms with Crippen LogP contribution >= 0.6 is 0 Å². The third kappa shape index (κ3) is 4.89. The Kier molecular flexibility index (Phi) is 6.86. The summed E-state index contributed by atoms with van der Waals surface area (Å²) in [5.41, 5.74) is 6.20. The lowest BCUT2D eigenvalue weighted by Crippen LogP contribution is -2.34. The van der Waals surface area contributed by atoms with Gasteiger partial charge in [0.25, 0.3) is 0 Å². The maximum Gasteiger partial charge on any atom is 0.228 e. The molecule has 1 N–H and O–H groups in total. The first-order chi connectivity index (χ1) is 20.5. The summed E-state index contributed by atoms with van der Waals surface area (Å²) in [5.74, 6) is -0.388. The van der Waals surface area contributed by atoms with Gasteiger partial charge in [0, 0.05) is 43.7 Å². The fourth-order valence-electron chi connectivity index (χ4n) is 6.08. The average Bonchev–Trinajstić information content (AvgIpc) is 3.31. The zero-order valence-corrected chi connectivity index (χ0v) is 23.5. The molecule has 7 rings (SSSR count). The van der Waals surface area contributed by atoms with Gasteiger partial charge in [-0.3, -0.25) is 14.5 Å². The second kappa shape index (κ2) is 11.0. The Balaban J connectivity index is 1.34. The molecule has 2 aliphatic rings. The normalized spacial score (nSPS) is 16.5. The molecule has 0 unspecified atom stereocenters. The predicted molar refractivity (Wildman–Crippen MR) is 167 cm³/mol. The van der Waals surface area contributed by atoms with E-state index in [-0.39, 0.29) is 11.7 Å². The van der Waals surface area contributed by atoms with Crippen LogP contribution in [0.1, 0.15) is 41.4 Å². The summed E-state index contributed by atoms with van der Waals surface area (Å²) in [6, 6.07) is 30.9. The number of fused-ring (bicyclic) bond motifs is 3. The van der Waals surface area contributed by atoms with Crippen LogP contribution in [0.15, 0.2) is 96.7 Å². The van der Waals surface area contributed by atoms with Gasteiger partial charge < -0.3 is 10.1 Å². The molecule has 4 aromatic carbocycles. The minimum atomic E-state index is -0.211. The molecule has 1 aromatic heterocycles. The Labute approximate surface area is 244 Å². The van der Waals surface area contributed by atoms with Crippen molar-refractivity contribution in [2.45, 2.75) is 32.4 Å². The minimum Gasteiger partial charge on any atom is -0.381 e. The standard InChI is InChI=1S/C36H31N3O3/c1-23(40)39-34-9-5-4-8-30(34)36(41)35(39)21-29-20-31(27-12-11-25-6-2-3-7-26(25)19-27)32-18-24(10-13-33(32)38-29)22-37-28-14-16-42-17-15-28/h2-13,18-21,28,37H,14-17,22H2,1H3/b35-21-. The molecule has 1 saturated heterocycles. The molecule has 0 aliphatic carbocycles. The number of aromatic nitrogens is 1. The van der Waals surface area contributed by atoms with Gasteiger partial charge in [-0.15, -0.1) is 0 Å². The van der Waals surface area contributed by atoms with Crippen molar-refractivity contribution in [1.82, 2.24) is 10.3 Å². The van der Waals surface area contributed by atoms with Crippen molar-refractivity contribution in [3.05, 3.63) is 114 Å². The number of anilines is 1. The summed E-state index contributed by atoms with van der Waals surface area (Å²) in [6.07, 6.45) is 3.79. The van der Waals surface area contributed by atoms with Crippen molar-refractivity contribution < 1.29 is 14.3 Å². The van der Waals surface area contributed by atoms with Gasteiger partial charge in [-0.2, -0.15) is 0 Å². The van der Waals surface area contributed by atoms with Crippen LogP contribution in [0.25, 0.3) is 38.9 Å². The van der Waals surface area contributed by atoms with E-state index in [1.54, 1.807) is 18.2 Å². The molecule has 1 fully saturated rings. The number of Topliss-reactive ketones (excluding diaryl/α,β-unsaturated/α-hetero) is 1. The lowest BCUT2D eigenvalue weighted by Gasteiger charge is -2.23. The van der Waals surface area contributed by atoms with Crippen LogP contribution in [0.5, 0.6) is 0 Å². The number of hydrogen-bond acceptors (Lipinski definition) is 5. The zero-order valence-electron chi connectivity index (χ0n) is 23.5. The highest BCUT2D eigenvalue weighted by molar-refractivity contribution is 6.26. The molecular formula is C36H31N3O3. The van der Waals surface area contributed by atoms with Crippen LogP contribution in [0.3, 0.4) is 0 Å². The van der Waals surface area contributed by atoms with E-state index in [1.165, 1.54) is 22.8 Å². The third-order valence-electron chi connectivity index (χ3n) is 8.23. The van der Waals surface area contributed by atoms with Crippen LogP contribution < -0.4 is 10.2 Å². The van der Waals surface area contributed by atoms with Gasteiger partial charge in [0.15, 0.2) is 0 Å². The monoisotopic (exact) mass is 553 g/mol. The number of pyridine rings is 1. The highest BCUT2D eigenvalue weighted by Crippen LogP contribution is 2.37. The molecule has 5 aromatic rings. The number of nitrogens with zero attached hydrogens (tertiary/aromatic N) is 2. The molecule has 208 valence electrons. The van der Waals surface area contributed by atoms with Gasteiger partial charge in [0.1, 0.15) is 0 Å². The number of allylic oxidation sites excluding steroid dienone is 1. The second-order valence-electron chi connectivity index (χ2n) is 11.0. The number of ketones is 1. The van der Waals surface area contributed by atoms with E-state index >= 15 is 0 Å². The Morgan fingerprint density at radius 2 is 1.71 bits per heavy atom. The van der Waals surface area contributed by atoms with Gasteiger partial charge in [0.2, 0.25) is 11.7 Å². The first-order valence-corrected chi connectivity index (χ1v) is 14.5. The van der Waals surface area contributed by atoms with Crippen molar-refractivity contribution in [3.63, 3.8) is 0 Å². The van der Waals surface area contributed by atoms with Crippen molar-refractivity contribution in [2.24, 2.45) is 0 Å². The van der Waals surface area contributed by atoms with Gasteiger partial charge in [0.05, 0.1) is 22.6 Å². The number of carbonyl (C=O) groups is 2. The van der Waals surface area contributed by atoms with E-state index in [2.05, 4.69) is 53.8 Å². The molecule has 6 heteroatoms. The van der Waals surface area contributed by atoms with Gasteiger partial charge in [-0.25, -0.2) is 4.98 Å². The van der Waals surface area contributed by atoms with E-state index in [9.17, 15) is 9.59 Å². The van der Waals surface area contributed by atoms with E-state index in [0.717, 1.165) is 60.0 Å². The lowest BCUT2D eigenvalue weighted by molar-refractivity contribution is -0.116. The van der Waals surface area contributed by atoms with E-state index in [1.807, 2.05) is 30.3 Å². The summed E-state index contributed by atoms with van der Waals surface area (Å²) in [5, 5.41) is 7.06. The zero-order chi connectivity index (χ0) is 28.6. The summed E-state index contributed by atoms with van der Waals surface area (Å²) >= 11 is 0. The van der Waals surface area contributed by atoms with E-state index in [0.29, 0.717) is 28.7 Å². The molecule has 42 heavy (non-hydrogen) atoms. The van der Waals surface area contributed by atoms with Gasteiger partial charge >= 0.3 is 0 Å². The molecule has 0 saturated carbocycles. The SMILES string of the molecule is CC(=O)N1/C(=C\c2cc(-c3ccc4ccccc4c3)c3cc(CNC4CCOCC4)ccc3n2)C(=O)c2ccccc21. The fourth-order valence-corrected chi connectivity index (χ4v) is 6.08. The van der Waals surface area contributed by atoms with Crippen molar-refractivity contribution in [3.8, 4) is 11.1 Å². The molecular weight excluding hydrogens is 522 g/mol. The highest BCUT2D eigenvalue weighted by Gasteiger charge is 2.34. The first-order valence-electron chi connectivity index (χ1n) is 14.5. The number of para-hydroxylation sites is 1. The van der Waals surface area contributed by atoms with Crippen molar-refractivity contribution in [2.75, 3.05) is 18.1 Å². The van der Waals surface area contributed by atoms with Crippen LogP contribution in [0, 0.1) is 0 Å². The number of nitrogens with one attached hydrogen (secondary N) is 1. The third-order valence-corrected chi connectivity index (χ3v) is 8.23. The van der Waals surface area contributed by atoms with Crippen LogP contribution in [0.2, 0.25) is 0 Å². The Bertz CT molecular complexity index is 1890. The molecule has 0 atom stereocenters. The maximum atomic E-state index is 13.4. The maximum absolute atomic E-state index is 13.4. The predicted octanol–water partition coefficient (Wildman–Crippen LogP) is 6.91. The van der Waals surface area contributed by atoms with Crippen molar-refractivity contribution in [1.29, 1.82) is 0 Å². The lowest BCUT2D eigenvalue weighted by atomic mass is 9.96. The number of amides is 1. The first kappa shape index (κ1) is 26.3. The number of hydrogen-bond donors (Lipinski definition) is 1. The molecule has 6 nitrogen and oxygen atoms in total. The summed E-state index contributed by atoms with van der Waals surface area (Å²) < 4.78 is 5.51. The van der Waals surface area contributed by atoms with Crippen LogP contribution in [-0.4, -0.2) is 35.9 Å². The Morgan fingerprint density at radius 3 is 2.55 bits per heavy atom. The number of rotatable bonds is 5. The molecule has 0 bridgehead atoms. The number of carbonyl (C=O) groups excluding carboxylic acids is 2. The van der Waals surface area contributed by atoms with E-state index in [4.69, 9.17) is 9.72 Å². The quantitative estimate of drug-likeness (QED) is 0.239. The average molecular weight is 554 g/mol. The van der Waals surface area contributed by atoms with Gasteiger partial charge in [-0.05, 0) is 82.8 Å². The summed E-state index contributed by atoms with van der Waals surface area (Å²) in [7, 11) is 0. The Morgan fingerprint density at radius 1 is 0.929 bits per heavy atom. The number of ether oxygens (including phenoxy) is 1. The Hall–Kier alpha value is -4.65. The molecule has 3 heterocycles. The fraction of sp³-hybridized carbons (Fsp3) is 0.194. The minimum absolute atomic E-state index is 0.176. The molecule has 0 radical (unpaired) electrons. The molecule has 2 aliphatic heterocycles. The van der Waals surface area contributed by atoms with Crippen LogP contribution in [-0.2, 0) is 16.1 Å². The molecule has 0 spiro atoms. The van der Waals surface area contributed by atoms with Crippen LogP contribution in [0.4, 0.5) is 5.69 Å². The van der Waals surface area contributed by atoms with Crippen molar-refractivity contribution >= 4 is 45.1 Å². The number of benzene rings is 4.